The van der Waals surface area contributed by atoms with E-state index in [1.807, 2.05) is 0 Å². The third-order valence-corrected chi connectivity index (χ3v) is 1.41. The fourth-order valence-corrected chi connectivity index (χ4v) is 0.946. The summed E-state index contributed by atoms with van der Waals surface area (Å²) in [5, 5.41) is 0. The van der Waals surface area contributed by atoms with Crippen molar-refractivity contribution in [3.05, 3.63) is 0 Å². The highest BCUT2D eigenvalue weighted by atomic mass is 16.1. The van der Waals surface area contributed by atoms with Gasteiger partial charge in [-0.15, -0.1) is 0 Å². The van der Waals surface area contributed by atoms with Gasteiger partial charge in [-0.2, -0.15) is 0 Å². The normalized spacial score (nSPS) is 19.8. The highest BCUT2D eigenvalue weighted by molar-refractivity contribution is 5.78. The number of carbonyl (C=O) groups is 1. The molecule has 0 aromatic rings. The van der Waals surface area contributed by atoms with E-state index in [0.717, 1.165) is 25.7 Å². The van der Waals surface area contributed by atoms with Crippen LogP contribution in [0.2, 0.25) is 0 Å². The van der Waals surface area contributed by atoms with Crippen LogP contribution in [0.1, 0.15) is 32.1 Å². The molecule has 1 aliphatic rings. The number of Topliss-reactive ketones (excluding diaryl/α,β-unsaturated/α-hetero) is 1. The Balaban J connectivity index is 0.000000490. The fourth-order valence-electron chi connectivity index (χ4n) is 0.946. The summed E-state index contributed by atoms with van der Waals surface area (Å²) in [7, 11) is 0. The summed E-state index contributed by atoms with van der Waals surface area (Å²) in [5.74, 6) is 0.464. The molecule has 0 aromatic carbocycles. The predicted molar refractivity (Wildman–Crippen MR) is 28.8 cm³/mol. The van der Waals surface area contributed by atoms with Crippen molar-refractivity contribution in [2.24, 2.45) is 0 Å². The molecular weight excluding hydrogens is 104 g/mol. The van der Waals surface area contributed by atoms with Crippen molar-refractivity contribution in [3.63, 3.8) is 0 Å². The third kappa shape index (κ3) is 2.07. The smallest absolute Gasteiger partial charge is 0.132 e. The van der Waals surface area contributed by atoms with Crippen LogP contribution in [0.25, 0.3) is 0 Å². The first kappa shape index (κ1) is 7.63. The fraction of sp³-hybridized carbons (Fsp3) is 0.833. The Kier molecular flexibility index (Phi) is 3.44. The predicted octanol–water partition coefficient (Wildman–Crippen LogP) is 1.40. The zero-order valence-corrected chi connectivity index (χ0v) is 4.85. The lowest BCUT2D eigenvalue weighted by molar-refractivity contribution is -0.120. The Hall–Kier alpha value is -0.370. The van der Waals surface area contributed by atoms with Crippen molar-refractivity contribution >= 4 is 5.78 Å². The quantitative estimate of drug-likeness (QED) is 0.469. The van der Waals surface area contributed by atoms with E-state index in [1.165, 1.54) is 6.42 Å². The van der Waals surface area contributed by atoms with Crippen molar-refractivity contribution in [2.75, 3.05) is 0 Å². The molecule has 2 heteroatoms. The lowest BCUT2D eigenvalue weighted by atomic mass is 10.00. The number of hydrogen-bond donors (Lipinski definition) is 0. The van der Waals surface area contributed by atoms with Gasteiger partial charge in [-0.1, -0.05) is 6.42 Å². The molecule has 1 rings (SSSR count). The number of rotatable bonds is 0. The third-order valence-electron chi connectivity index (χ3n) is 1.41. The van der Waals surface area contributed by atoms with Gasteiger partial charge in [0.05, 0.1) is 0 Å². The van der Waals surface area contributed by atoms with E-state index in [2.05, 4.69) is 0 Å². The van der Waals surface area contributed by atoms with Gasteiger partial charge in [0.1, 0.15) is 5.78 Å². The molecule has 0 atom stereocenters. The van der Waals surface area contributed by atoms with Crippen molar-refractivity contribution in [3.8, 4) is 0 Å². The van der Waals surface area contributed by atoms with Gasteiger partial charge in [-0.05, 0) is 12.8 Å². The standard InChI is InChI=1S/C6H10O.O/c7-6-4-2-1-3-5-6;/h1-5H2;. The van der Waals surface area contributed by atoms with Crippen LogP contribution in [0.15, 0.2) is 0 Å². The monoisotopic (exact) mass is 114 g/mol. The minimum atomic E-state index is 0. The number of ketones is 1. The van der Waals surface area contributed by atoms with E-state index in [4.69, 9.17) is 0 Å². The molecule has 0 bridgehead atoms. The van der Waals surface area contributed by atoms with Gasteiger partial charge in [0, 0.05) is 18.3 Å². The summed E-state index contributed by atoms with van der Waals surface area (Å²) in [6.45, 7) is 0. The van der Waals surface area contributed by atoms with Gasteiger partial charge in [-0.25, -0.2) is 0 Å². The summed E-state index contributed by atoms with van der Waals surface area (Å²) in [6.07, 6.45) is 5.24. The molecule has 1 aliphatic carbocycles. The van der Waals surface area contributed by atoms with Gasteiger partial charge in [0.2, 0.25) is 0 Å². The molecule has 0 aromatic heterocycles. The molecule has 8 heavy (non-hydrogen) atoms. The second kappa shape index (κ2) is 3.61. The maximum absolute atomic E-state index is 10.5. The molecule has 0 heterocycles. The zero-order valence-electron chi connectivity index (χ0n) is 4.85. The van der Waals surface area contributed by atoms with Crippen LogP contribution in [-0.2, 0) is 10.3 Å². The van der Waals surface area contributed by atoms with Crippen molar-refractivity contribution in [2.45, 2.75) is 32.1 Å². The van der Waals surface area contributed by atoms with E-state index in [1.54, 1.807) is 0 Å². The lowest BCUT2D eigenvalue weighted by Crippen LogP contribution is -2.02. The molecule has 0 spiro atoms. The Morgan fingerprint density at radius 2 is 1.50 bits per heavy atom. The molecule has 0 N–H and O–H groups in total. The average Bonchev–Trinajstić information content (AvgIpc) is 1.69. The minimum absolute atomic E-state index is 0. The Bertz CT molecular complexity index is 70.6. The second-order valence-electron chi connectivity index (χ2n) is 2.10. The van der Waals surface area contributed by atoms with Crippen LogP contribution in [0, 0.1) is 0 Å². The van der Waals surface area contributed by atoms with Crippen LogP contribution in [0.4, 0.5) is 0 Å². The van der Waals surface area contributed by atoms with Crippen molar-refractivity contribution in [1.82, 2.24) is 0 Å². The van der Waals surface area contributed by atoms with Crippen molar-refractivity contribution in [1.29, 1.82) is 0 Å². The molecular formula is C6H10O2. The Labute approximate surface area is 49.2 Å². The number of carbonyl (C=O) groups excluding carboxylic acids is 1. The molecule has 1 fully saturated rings. The maximum Gasteiger partial charge on any atom is 0.132 e. The van der Waals surface area contributed by atoms with Gasteiger partial charge >= 0.3 is 0 Å². The molecule has 0 aliphatic heterocycles. The van der Waals surface area contributed by atoms with Gasteiger partial charge < -0.3 is 0 Å². The van der Waals surface area contributed by atoms with E-state index in [0.29, 0.717) is 5.78 Å². The van der Waals surface area contributed by atoms with Crippen LogP contribution >= 0.6 is 0 Å². The molecule has 1 saturated carbocycles. The first-order chi connectivity index (χ1) is 3.39. The molecule has 2 nitrogen and oxygen atoms in total. The lowest BCUT2D eigenvalue weighted by Gasteiger charge is -2.05. The van der Waals surface area contributed by atoms with E-state index >= 15 is 0 Å². The van der Waals surface area contributed by atoms with E-state index in [9.17, 15) is 4.79 Å². The van der Waals surface area contributed by atoms with E-state index < -0.39 is 0 Å². The largest absolute Gasteiger partial charge is 0.300 e. The molecule has 0 amide bonds. The highest BCUT2D eigenvalue weighted by Crippen LogP contribution is 2.12. The highest BCUT2D eigenvalue weighted by Gasteiger charge is 2.05. The van der Waals surface area contributed by atoms with Crippen LogP contribution < -0.4 is 0 Å². The summed E-state index contributed by atoms with van der Waals surface area (Å²) in [5.41, 5.74) is 0. The van der Waals surface area contributed by atoms with Crippen LogP contribution in [-0.4, -0.2) is 5.78 Å². The summed E-state index contributed by atoms with van der Waals surface area (Å²) >= 11 is 0. The number of hydrogen-bond acceptors (Lipinski definition) is 1. The second-order valence-corrected chi connectivity index (χ2v) is 2.10. The Morgan fingerprint density at radius 1 is 1.00 bits per heavy atom. The van der Waals surface area contributed by atoms with Gasteiger partial charge in [-0.3, -0.25) is 4.79 Å². The summed E-state index contributed by atoms with van der Waals surface area (Å²) in [4.78, 5) is 10.5. The molecule has 0 unspecified atom stereocenters. The van der Waals surface area contributed by atoms with Crippen LogP contribution in [0.3, 0.4) is 0 Å². The molecule has 0 saturated heterocycles. The molecule has 46 valence electrons. The SMILES string of the molecule is O=C1CCCCC1.[O]. The first-order valence-corrected chi connectivity index (χ1v) is 2.91. The average molecular weight is 114 g/mol. The minimum Gasteiger partial charge on any atom is -0.300 e. The zero-order chi connectivity index (χ0) is 5.11. The van der Waals surface area contributed by atoms with Gasteiger partial charge in [0.25, 0.3) is 0 Å². The Morgan fingerprint density at radius 3 is 1.75 bits per heavy atom. The summed E-state index contributed by atoms with van der Waals surface area (Å²) < 4.78 is 0. The van der Waals surface area contributed by atoms with E-state index in [-0.39, 0.29) is 5.48 Å². The van der Waals surface area contributed by atoms with Gasteiger partial charge in [0.15, 0.2) is 0 Å². The first-order valence-electron chi connectivity index (χ1n) is 2.91. The maximum atomic E-state index is 10.5. The van der Waals surface area contributed by atoms with Crippen LogP contribution in [0.5, 0.6) is 0 Å². The summed E-state index contributed by atoms with van der Waals surface area (Å²) in [6, 6.07) is 0. The van der Waals surface area contributed by atoms with Crippen molar-refractivity contribution < 1.29 is 10.3 Å². The topological polar surface area (TPSA) is 45.6 Å². The molecule has 2 radical (unpaired) electrons.